The highest BCUT2D eigenvalue weighted by molar-refractivity contribution is 6.31. The zero-order chi connectivity index (χ0) is 9.44. The summed E-state index contributed by atoms with van der Waals surface area (Å²) in [5, 5.41) is 9.02. The van der Waals surface area contributed by atoms with Crippen molar-refractivity contribution in [2.75, 3.05) is 0 Å². The van der Waals surface area contributed by atoms with Gasteiger partial charge in [0.05, 0.1) is 0 Å². The Bertz CT molecular complexity index is 168. The van der Waals surface area contributed by atoms with Crippen molar-refractivity contribution in [1.82, 2.24) is 0 Å². The van der Waals surface area contributed by atoms with Crippen LogP contribution in [-0.4, -0.2) is 5.11 Å². The van der Waals surface area contributed by atoms with Crippen molar-refractivity contribution < 1.29 is 5.11 Å². The van der Waals surface area contributed by atoms with Crippen LogP contribution in [-0.2, 0) is 0 Å². The molecule has 0 saturated carbocycles. The molecule has 0 atom stereocenters. The van der Waals surface area contributed by atoms with Gasteiger partial charge in [0.25, 0.3) is 0 Å². The van der Waals surface area contributed by atoms with Crippen LogP contribution in [0.25, 0.3) is 0 Å². The molecule has 2 heteroatoms. The highest BCUT2D eigenvalue weighted by atomic mass is 35.5. The van der Waals surface area contributed by atoms with E-state index in [-0.39, 0.29) is 5.76 Å². The summed E-state index contributed by atoms with van der Waals surface area (Å²) < 4.78 is 0. The minimum absolute atomic E-state index is 0.00528. The molecule has 0 aliphatic rings. The predicted molar refractivity (Wildman–Crippen MR) is 51.9 cm³/mol. The van der Waals surface area contributed by atoms with Gasteiger partial charge in [-0.25, -0.2) is 0 Å². The molecular formula is C9H15ClO. The first-order valence-electron chi connectivity index (χ1n) is 3.45. The number of allylic oxidation sites excluding steroid dienone is 3. The van der Waals surface area contributed by atoms with Crippen molar-refractivity contribution in [1.29, 1.82) is 0 Å². The summed E-state index contributed by atoms with van der Waals surface area (Å²) in [7, 11) is 0. The lowest BCUT2D eigenvalue weighted by molar-refractivity contribution is 0.435. The molecule has 0 radical (unpaired) electrons. The van der Waals surface area contributed by atoms with E-state index < -0.39 is 0 Å². The van der Waals surface area contributed by atoms with Gasteiger partial charge in [0.15, 0.2) is 0 Å². The standard InChI is InChI=1S/C7H9ClO.C2H6/c1-5(7(3)8)4-6(2)9;1-2/h4,9H,2-3H2,1H3;1-2H3/b5-4-;. The molecule has 0 aliphatic carbocycles. The van der Waals surface area contributed by atoms with Crippen LogP contribution in [0.15, 0.2) is 35.6 Å². The average Bonchev–Trinajstić information content (AvgIpc) is 1.90. The second kappa shape index (κ2) is 7.42. The van der Waals surface area contributed by atoms with E-state index in [1.807, 2.05) is 13.8 Å². The summed E-state index contributed by atoms with van der Waals surface area (Å²) in [6.45, 7) is 12.5. The highest BCUT2D eigenvalue weighted by Crippen LogP contribution is 2.11. The quantitative estimate of drug-likeness (QED) is 0.499. The molecule has 1 N–H and O–H groups in total. The van der Waals surface area contributed by atoms with Crippen LogP contribution in [0.5, 0.6) is 0 Å². The van der Waals surface area contributed by atoms with Gasteiger partial charge in [-0.05, 0) is 18.6 Å². The summed E-state index contributed by atoms with van der Waals surface area (Å²) in [5.41, 5.74) is 0.726. The monoisotopic (exact) mass is 174 g/mol. The third-order valence-electron chi connectivity index (χ3n) is 0.811. The van der Waals surface area contributed by atoms with Gasteiger partial charge in [-0.1, -0.05) is 38.6 Å². The van der Waals surface area contributed by atoms with Crippen LogP contribution in [0.3, 0.4) is 0 Å². The normalized spacial score (nSPS) is 9.64. The predicted octanol–water partition coefficient (Wildman–Crippen LogP) is 3.78. The van der Waals surface area contributed by atoms with E-state index in [1.165, 1.54) is 6.08 Å². The van der Waals surface area contributed by atoms with Gasteiger partial charge in [-0.15, -0.1) is 0 Å². The fourth-order valence-electron chi connectivity index (χ4n) is 0.328. The molecule has 0 rings (SSSR count). The van der Waals surface area contributed by atoms with Crippen molar-refractivity contribution in [3.63, 3.8) is 0 Å². The lowest BCUT2D eigenvalue weighted by Gasteiger charge is -1.93. The van der Waals surface area contributed by atoms with Crippen molar-refractivity contribution in [3.8, 4) is 0 Å². The lowest BCUT2D eigenvalue weighted by Crippen LogP contribution is -1.75. The van der Waals surface area contributed by atoms with Crippen molar-refractivity contribution >= 4 is 11.6 Å². The number of hydrogen-bond donors (Lipinski definition) is 1. The van der Waals surface area contributed by atoms with E-state index in [0.29, 0.717) is 5.03 Å². The SMILES string of the molecule is C=C(O)/C=C(/C)C(=C)Cl.CC. The molecule has 0 aliphatic heterocycles. The molecule has 0 aromatic heterocycles. The minimum atomic E-state index is -0.00528. The topological polar surface area (TPSA) is 20.2 Å². The number of aliphatic hydroxyl groups excluding tert-OH is 1. The maximum absolute atomic E-state index is 8.60. The first-order chi connectivity index (χ1) is 5.04. The average molecular weight is 175 g/mol. The summed E-state index contributed by atoms with van der Waals surface area (Å²) >= 11 is 5.46. The van der Waals surface area contributed by atoms with E-state index in [4.69, 9.17) is 16.7 Å². The van der Waals surface area contributed by atoms with Crippen LogP contribution < -0.4 is 0 Å². The van der Waals surface area contributed by atoms with Gasteiger partial charge < -0.3 is 5.11 Å². The van der Waals surface area contributed by atoms with Gasteiger partial charge in [0, 0.05) is 5.03 Å². The van der Waals surface area contributed by atoms with Crippen LogP contribution in [0, 0.1) is 0 Å². The first-order valence-corrected chi connectivity index (χ1v) is 3.83. The smallest absolute Gasteiger partial charge is 0.108 e. The molecular weight excluding hydrogens is 160 g/mol. The molecule has 11 heavy (non-hydrogen) atoms. The molecule has 0 aromatic rings. The van der Waals surface area contributed by atoms with Gasteiger partial charge in [-0.2, -0.15) is 0 Å². The van der Waals surface area contributed by atoms with E-state index in [2.05, 4.69) is 13.2 Å². The Morgan fingerprint density at radius 3 is 1.82 bits per heavy atom. The van der Waals surface area contributed by atoms with Crippen molar-refractivity contribution in [3.05, 3.63) is 35.6 Å². The summed E-state index contributed by atoms with van der Waals surface area (Å²) in [6.07, 6.45) is 1.45. The van der Waals surface area contributed by atoms with Gasteiger partial charge >= 0.3 is 0 Å². The summed E-state index contributed by atoms with van der Waals surface area (Å²) in [4.78, 5) is 0. The molecule has 64 valence electrons. The zero-order valence-corrected chi connectivity index (χ0v) is 8.07. The molecule has 0 aromatic carbocycles. The van der Waals surface area contributed by atoms with Gasteiger partial charge in [-0.3, -0.25) is 0 Å². The third kappa shape index (κ3) is 9.31. The molecule has 0 unspecified atom stereocenters. The van der Waals surface area contributed by atoms with E-state index in [9.17, 15) is 0 Å². The second-order valence-electron chi connectivity index (χ2n) is 1.72. The Balaban J connectivity index is 0. The Morgan fingerprint density at radius 1 is 1.36 bits per heavy atom. The second-order valence-corrected chi connectivity index (χ2v) is 2.18. The zero-order valence-electron chi connectivity index (χ0n) is 7.32. The molecule has 0 amide bonds. The Kier molecular flexibility index (Phi) is 8.73. The maximum Gasteiger partial charge on any atom is 0.108 e. The van der Waals surface area contributed by atoms with E-state index in [1.54, 1.807) is 6.92 Å². The maximum atomic E-state index is 8.60. The minimum Gasteiger partial charge on any atom is -0.509 e. The number of hydrogen-bond acceptors (Lipinski definition) is 1. The Labute approximate surface area is 73.7 Å². The fourth-order valence-corrected chi connectivity index (χ4v) is 0.383. The van der Waals surface area contributed by atoms with Gasteiger partial charge in [0.1, 0.15) is 5.76 Å². The van der Waals surface area contributed by atoms with Crippen LogP contribution in [0.2, 0.25) is 0 Å². The van der Waals surface area contributed by atoms with Crippen LogP contribution in [0.1, 0.15) is 20.8 Å². The largest absolute Gasteiger partial charge is 0.509 e. The molecule has 0 fully saturated rings. The van der Waals surface area contributed by atoms with Crippen LogP contribution >= 0.6 is 11.6 Å². The highest BCUT2D eigenvalue weighted by Gasteiger charge is 1.90. The van der Waals surface area contributed by atoms with Crippen molar-refractivity contribution in [2.45, 2.75) is 20.8 Å². The molecule has 0 spiro atoms. The third-order valence-corrected chi connectivity index (χ3v) is 1.11. The van der Waals surface area contributed by atoms with Gasteiger partial charge in [0.2, 0.25) is 0 Å². The summed E-state index contributed by atoms with van der Waals surface area (Å²) in [5.74, 6) is -0.00528. The number of rotatable bonds is 2. The van der Waals surface area contributed by atoms with E-state index in [0.717, 1.165) is 5.57 Å². The Morgan fingerprint density at radius 2 is 1.73 bits per heavy atom. The number of halogens is 1. The summed E-state index contributed by atoms with van der Waals surface area (Å²) in [6, 6.07) is 0. The molecule has 0 saturated heterocycles. The van der Waals surface area contributed by atoms with Crippen LogP contribution in [0.4, 0.5) is 0 Å². The molecule has 1 nitrogen and oxygen atoms in total. The lowest BCUT2D eigenvalue weighted by atomic mass is 10.2. The number of aliphatic hydroxyl groups is 1. The van der Waals surface area contributed by atoms with E-state index >= 15 is 0 Å². The fraction of sp³-hybridized carbons (Fsp3) is 0.333. The molecule has 0 bridgehead atoms. The molecule has 0 heterocycles. The Hall–Kier alpha value is -0.690. The first kappa shape index (κ1) is 12.9. The van der Waals surface area contributed by atoms with Crippen molar-refractivity contribution in [2.24, 2.45) is 0 Å².